The molecular formula is C26H36ClN. The van der Waals surface area contributed by atoms with E-state index in [9.17, 15) is 0 Å². The Morgan fingerprint density at radius 1 is 1.25 bits per heavy atom. The lowest BCUT2D eigenvalue weighted by molar-refractivity contribution is 0.190. The quantitative estimate of drug-likeness (QED) is 0.478. The Morgan fingerprint density at radius 2 is 2.00 bits per heavy atom. The Balaban J connectivity index is 1.82. The number of aryl methyl sites for hydroxylation is 1. The maximum Gasteiger partial charge on any atom is 0.0141 e. The highest BCUT2D eigenvalue weighted by molar-refractivity contribution is 6.29. The van der Waals surface area contributed by atoms with Gasteiger partial charge in [0, 0.05) is 11.6 Å². The van der Waals surface area contributed by atoms with Crippen LogP contribution in [0.15, 0.2) is 47.5 Å². The number of piperidine rings is 1. The summed E-state index contributed by atoms with van der Waals surface area (Å²) in [6.45, 7) is 14.3. The molecule has 1 atom stereocenters. The molecule has 1 unspecified atom stereocenters. The van der Waals surface area contributed by atoms with Gasteiger partial charge in [-0.05, 0) is 79.3 Å². The van der Waals surface area contributed by atoms with Crippen LogP contribution in [0, 0.1) is 11.8 Å². The molecule has 1 aliphatic heterocycles. The van der Waals surface area contributed by atoms with Crippen molar-refractivity contribution in [1.82, 2.24) is 4.90 Å². The van der Waals surface area contributed by atoms with Gasteiger partial charge in [-0.25, -0.2) is 0 Å². The van der Waals surface area contributed by atoms with Crippen LogP contribution in [0.1, 0.15) is 63.1 Å². The summed E-state index contributed by atoms with van der Waals surface area (Å²) in [7, 11) is 0. The van der Waals surface area contributed by atoms with Crippen molar-refractivity contribution in [2.75, 3.05) is 19.6 Å². The van der Waals surface area contributed by atoms with Gasteiger partial charge in [-0.3, -0.25) is 0 Å². The predicted molar refractivity (Wildman–Crippen MR) is 124 cm³/mol. The second-order valence-electron chi connectivity index (χ2n) is 8.55. The molecule has 1 aromatic carbocycles. The number of benzene rings is 1. The van der Waals surface area contributed by atoms with Gasteiger partial charge < -0.3 is 4.90 Å². The van der Waals surface area contributed by atoms with Crippen molar-refractivity contribution in [2.24, 2.45) is 11.8 Å². The van der Waals surface area contributed by atoms with Crippen LogP contribution in [-0.2, 0) is 12.8 Å². The first-order chi connectivity index (χ1) is 13.5. The Labute approximate surface area is 177 Å². The van der Waals surface area contributed by atoms with Gasteiger partial charge in [-0.15, -0.1) is 0 Å². The highest BCUT2D eigenvalue weighted by atomic mass is 35.5. The summed E-state index contributed by atoms with van der Waals surface area (Å²) in [5.41, 5.74) is 7.58. The Hall–Kier alpha value is -1.31. The fraction of sp³-hybridized carbons (Fsp3) is 0.538. The normalized spacial score (nSPS) is 19.4. The van der Waals surface area contributed by atoms with E-state index in [1.165, 1.54) is 35.1 Å². The minimum atomic E-state index is 0.497. The highest BCUT2D eigenvalue weighted by Crippen LogP contribution is 2.35. The van der Waals surface area contributed by atoms with E-state index >= 15 is 0 Å². The van der Waals surface area contributed by atoms with E-state index in [4.69, 9.17) is 11.6 Å². The third-order valence-electron chi connectivity index (χ3n) is 6.51. The van der Waals surface area contributed by atoms with Gasteiger partial charge in [-0.2, -0.15) is 0 Å². The summed E-state index contributed by atoms with van der Waals surface area (Å²) >= 11 is 6.15. The van der Waals surface area contributed by atoms with E-state index < -0.39 is 0 Å². The molecule has 0 amide bonds. The van der Waals surface area contributed by atoms with Crippen LogP contribution in [0.25, 0.3) is 5.57 Å². The van der Waals surface area contributed by atoms with E-state index in [1.54, 1.807) is 5.56 Å². The molecule has 1 heterocycles. The fourth-order valence-corrected chi connectivity index (χ4v) is 5.05. The summed E-state index contributed by atoms with van der Waals surface area (Å²) in [6.07, 6.45) is 11.8. The van der Waals surface area contributed by atoms with Gasteiger partial charge in [0.15, 0.2) is 0 Å². The summed E-state index contributed by atoms with van der Waals surface area (Å²) in [5, 5.41) is 0.842. The van der Waals surface area contributed by atoms with Crippen LogP contribution in [0.2, 0.25) is 0 Å². The summed E-state index contributed by atoms with van der Waals surface area (Å²) in [4.78, 5) is 2.62. The van der Waals surface area contributed by atoms with Gasteiger partial charge in [0.05, 0.1) is 0 Å². The van der Waals surface area contributed by atoms with Gasteiger partial charge >= 0.3 is 0 Å². The zero-order valence-electron chi connectivity index (χ0n) is 17.9. The van der Waals surface area contributed by atoms with Crippen molar-refractivity contribution in [3.8, 4) is 0 Å². The molecule has 0 N–H and O–H groups in total. The largest absolute Gasteiger partial charge is 0.303 e. The summed E-state index contributed by atoms with van der Waals surface area (Å²) in [6, 6.07) is 6.91. The Bertz CT molecular complexity index is 750. The average Bonchev–Trinajstić information content (AvgIpc) is 2.88. The van der Waals surface area contributed by atoms with Crippen molar-refractivity contribution in [3.05, 3.63) is 64.2 Å². The van der Waals surface area contributed by atoms with E-state index in [-0.39, 0.29) is 0 Å². The standard InChI is InChI=1S/C26H36ClN/c1-5-8-21-11-12-24-22(6-2)9-7-10-25(24)26(17-21)19(3)18-28-15-13-23(14-16-28)20(4)27/h7,9-11,17,19,23H,4-6,8,12-16,18H2,1-3H3. The summed E-state index contributed by atoms with van der Waals surface area (Å²) < 4.78 is 0. The molecule has 3 rings (SSSR count). The topological polar surface area (TPSA) is 3.24 Å². The van der Waals surface area contributed by atoms with Crippen LogP contribution < -0.4 is 0 Å². The second-order valence-corrected chi connectivity index (χ2v) is 9.04. The first kappa shape index (κ1) is 21.4. The highest BCUT2D eigenvalue weighted by Gasteiger charge is 2.24. The smallest absolute Gasteiger partial charge is 0.0141 e. The lowest BCUT2D eigenvalue weighted by Gasteiger charge is -2.34. The van der Waals surface area contributed by atoms with Gasteiger partial charge in [0.1, 0.15) is 0 Å². The number of halogens is 1. The minimum absolute atomic E-state index is 0.497. The van der Waals surface area contributed by atoms with Crippen molar-refractivity contribution >= 4 is 17.2 Å². The third-order valence-corrected chi connectivity index (χ3v) is 6.82. The lowest BCUT2D eigenvalue weighted by atomic mass is 9.86. The van der Waals surface area contributed by atoms with Crippen LogP contribution in [-0.4, -0.2) is 24.5 Å². The number of likely N-dealkylation sites (tertiary alicyclic amines) is 1. The van der Waals surface area contributed by atoms with Crippen LogP contribution in [0.5, 0.6) is 0 Å². The zero-order chi connectivity index (χ0) is 20.1. The minimum Gasteiger partial charge on any atom is -0.303 e. The molecule has 28 heavy (non-hydrogen) atoms. The van der Waals surface area contributed by atoms with Gasteiger partial charge in [0.25, 0.3) is 0 Å². The molecule has 1 aromatic rings. The van der Waals surface area contributed by atoms with Crippen LogP contribution in [0.4, 0.5) is 0 Å². The van der Waals surface area contributed by atoms with Gasteiger partial charge in [-0.1, -0.05) is 81.3 Å². The molecule has 1 fully saturated rings. The van der Waals surface area contributed by atoms with Gasteiger partial charge in [0.2, 0.25) is 0 Å². The van der Waals surface area contributed by atoms with Crippen molar-refractivity contribution in [1.29, 1.82) is 0 Å². The second kappa shape index (κ2) is 9.94. The number of hydrogen-bond donors (Lipinski definition) is 0. The maximum absolute atomic E-state index is 6.15. The molecular weight excluding hydrogens is 362 g/mol. The monoisotopic (exact) mass is 397 g/mol. The number of nitrogens with zero attached hydrogens (tertiary/aromatic N) is 1. The van der Waals surface area contributed by atoms with Crippen molar-refractivity contribution in [2.45, 2.75) is 59.3 Å². The third kappa shape index (κ3) is 4.99. The molecule has 0 saturated carbocycles. The summed E-state index contributed by atoms with van der Waals surface area (Å²) in [5.74, 6) is 1.03. The lowest BCUT2D eigenvalue weighted by Crippen LogP contribution is -2.37. The first-order valence-corrected chi connectivity index (χ1v) is 11.5. The average molecular weight is 398 g/mol. The zero-order valence-corrected chi connectivity index (χ0v) is 18.7. The Morgan fingerprint density at radius 3 is 2.64 bits per heavy atom. The molecule has 1 saturated heterocycles. The molecule has 1 aliphatic carbocycles. The van der Waals surface area contributed by atoms with E-state index in [0.717, 1.165) is 50.3 Å². The Kier molecular flexibility index (Phi) is 7.60. The molecule has 2 heteroatoms. The van der Waals surface area contributed by atoms with Crippen LogP contribution >= 0.6 is 11.6 Å². The van der Waals surface area contributed by atoms with Crippen molar-refractivity contribution < 1.29 is 0 Å². The van der Waals surface area contributed by atoms with Crippen molar-refractivity contribution in [3.63, 3.8) is 0 Å². The SMILES string of the molecule is C=C(Cl)C1CCN(CC(C)C2=CC(CCC)=CCc3c(CC)cccc32)CC1. The fourth-order valence-electron chi connectivity index (χ4n) is 4.83. The van der Waals surface area contributed by atoms with E-state index in [0.29, 0.717) is 11.8 Å². The van der Waals surface area contributed by atoms with E-state index in [2.05, 4.69) is 62.6 Å². The molecule has 2 aliphatic rings. The molecule has 1 nitrogen and oxygen atoms in total. The molecule has 0 radical (unpaired) electrons. The first-order valence-electron chi connectivity index (χ1n) is 11.1. The number of rotatable bonds is 7. The maximum atomic E-state index is 6.15. The molecule has 0 bridgehead atoms. The van der Waals surface area contributed by atoms with E-state index in [1.807, 2.05) is 0 Å². The number of fused-ring (bicyclic) bond motifs is 1. The molecule has 0 aromatic heterocycles. The number of hydrogen-bond acceptors (Lipinski definition) is 1. The van der Waals surface area contributed by atoms with Crippen LogP contribution in [0.3, 0.4) is 0 Å². The molecule has 152 valence electrons. The predicted octanol–water partition coefficient (Wildman–Crippen LogP) is 7.02. The molecule has 0 spiro atoms. The number of allylic oxidation sites excluding steroid dienone is 4.